The van der Waals surface area contributed by atoms with Crippen molar-refractivity contribution < 1.29 is 19.1 Å². The molecule has 1 aromatic carbocycles. The zero-order valence-corrected chi connectivity index (χ0v) is 13.5. The summed E-state index contributed by atoms with van der Waals surface area (Å²) >= 11 is 0. The van der Waals surface area contributed by atoms with Gasteiger partial charge in [0.2, 0.25) is 11.8 Å². The largest absolute Gasteiger partial charge is 0.481 e. The molecule has 0 bridgehead atoms. The minimum Gasteiger partial charge on any atom is -0.481 e. The molecule has 0 saturated heterocycles. The molecule has 0 unspecified atom stereocenters. The van der Waals surface area contributed by atoms with Crippen LogP contribution in [-0.4, -0.2) is 22.0 Å². The number of rotatable bonds is 4. The molecule has 0 aliphatic heterocycles. The number of aromatic nitrogens is 1. The van der Waals surface area contributed by atoms with Gasteiger partial charge < -0.3 is 14.8 Å². The molecule has 1 amide bonds. The zero-order chi connectivity index (χ0) is 17.1. The van der Waals surface area contributed by atoms with Crippen LogP contribution in [0.5, 0.6) is 0 Å². The van der Waals surface area contributed by atoms with Gasteiger partial charge in [-0.15, -0.1) is 0 Å². The van der Waals surface area contributed by atoms with Crippen LogP contribution in [0.15, 0.2) is 34.9 Å². The van der Waals surface area contributed by atoms with Crippen molar-refractivity contribution in [1.82, 2.24) is 4.98 Å². The van der Waals surface area contributed by atoms with Gasteiger partial charge in [0.25, 0.3) is 0 Å². The molecule has 6 heteroatoms. The molecule has 1 saturated carbocycles. The third-order valence-corrected chi connectivity index (χ3v) is 4.44. The summed E-state index contributed by atoms with van der Waals surface area (Å²) in [6.45, 7) is 1.85. The summed E-state index contributed by atoms with van der Waals surface area (Å²) in [5.74, 6) is -0.744. The molecule has 2 N–H and O–H groups in total. The van der Waals surface area contributed by atoms with E-state index in [1.165, 1.54) is 0 Å². The maximum absolute atomic E-state index is 12.4. The second-order valence-electron chi connectivity index (χ2n) is 6.25. The van der Waals surface area contributed by atoms with Crippen molar-refractivity contribution in [1.29, 1.82) is 0 Å². The maximum atomic E-state index is 12.4. The lowest BCUT2D eigenvalue weighted by Gasteiger charge is -2.25. The van der Waals surface area contributed by atoms with Crippen molar-refractivity contribution in [2.45, 2.75) is 32.6 Å². The number of nitrogens with one attached hydrogen (secondary N) is 1. The number of carbonyl (C=O) groups is 2. The van der Waals surface area contributed by atoms with Crippen LogP contribution in [0.2, 0.25) is 0 Å². The SMILES string of the molecule is Cc1coc(-c2cccc(NC(=O)C3CCC(C(=O)O)CC3)c2)n1. The molecule has 1 heterocycles. The number of anilines is 1. The van der Waals surface area contributed by atoms with Crippen LogP contribution < -0.4 is 5.32 Å². The Morgan fingerprint density at radius 1 is 1.21 bits per heavy atom. The first-order valence-corrected chi connectivity index (χ1v) is 8.09. The predicted molar refractivity (Wildman–Crippen MR) is 88.4 cm³/mol. The van der Waals surface area contributed by atoms with E-state index < -0.39 is 5.97 Å². The van der Waals surface area contributed by atoms with Crippen molar-refractivity contribution in [3.8, 4) is 11.5 Å². The first kappa shape index (κ1) is 16.2. The van der Waals surface area contributed by atoms with E-state index >= 15 is 0 Å². The van der Waals surface area contributed by atoms with Crippen molar-refractivity contribution in [3.63, 3.8) is 0 Å². The van der Waals surface area contributed by atoms with Gasteiger partial charge in [-0.1, -0.05) is 6.07 Å². The van der Waals surface area contributed by atoms with Crippen molar-refractivity contribution in [3.05, 3.63) is 36.2 Å². The van der Waals surface area contributed by atoms with Gasteiger partial charge in [0.15, 0.2) is 0 Å². The highest BCUT2D eigenvalue weighted by Gasteiger charge is 2.29. The molecule has 0 radical (unpaired) electrons. The molecule has 3 rings (SSSR count). The summed E-state index contributed by atoms with van der Waals surface area (Å²) in [4.78, 5) is 27.7. The molecular formula is C18H20N2O4. The van der Waals surface area contributed by atoms with Gasteiger partial charge in [-0.2, -0.15) is 0 Å². The van der Waals surface area contributed by atoms with Gasteiger partial charge in [-0.05, 0) is 50.8 Å². The Bertz CT molecular complexity index is 745. The molecule has 1 fully saturated rings. The summed E-state index contributed by atoms with van der Waals surface area (Å²) in [5, 5.41) is 11.9. The first-order valence-electron chi connectivity index (χ1n) is 8.09. The monoisotopic (exact) mass is 328 g/mol. The standard InChI is InChI=1S/C18H20N2O4/c1-11-10-24-17(19-11)14-3-2-4-15(9-14)20-16(21)12-5-7-13(8-6-12)18(22)23/h2-4,9-10,12-13H,5-8H2,1H3,(H,20,21)(H,22,23). The average Bonchev–Trinajstić information content (AvgIpc) is 3.02. The van der Waals surface area contributed by atoms with E-state index in [9.17, 15) is 9.59 Å². The minimum atomic E-state index is -0.761. The highest BCUT2D eigenvalue weighted by Crippen LogP contribution is 2.30. The molecule has 0 spiro atoms. The normalized spacial score (nSPS) is 20.5. The lowest BCUT2D eigenvalue weighted by Crippen LogP contribution is -2.29. The van der Waals surface area contributed by atoms with E-state index in [1.54, 1.807) is 6.26 Å². The molecule has 1 aliphatic carbocycles. The molecule has 2 aromatic rings. The van der Waals surface area contributed by atoms with Gasteiger partial charge in [0, 0.05) is 17.2 Å². The maximum Gasteiger partial charge on any atom is 0.306 e. The second-order valence-corrected chi connectivity index (χ2v) is 6.25. The lowest BCUT2D eigenvalue weighted by atomic mass is 9.81. The van der Waals surface area contributed by atoms with E-state index in [2.05, 4.69) is 10.3 Å². The molecule has 6 nitrogen and oxygen atoms in total. The number of hydrogen-bond acceptors (Lipinski definition) is 4. The zero-order valence-electron chi connectivity index (χ0n) is 13.5. The third-order valence-electron chi connectivity index (χ3n) is 4.44. The van der Waals surface area contributed by atoms with Gasteiger partial charge in [0.1, 0.15) is 6.26 Å². The molecule has 1 aromatic heterocycles. The predicted octanol–water partition coefficient (Wildman–Crippen LogP) is 3.48. The Balaban J connectivity index is 1.64. The van der Waals surface area contributed by atoms with Gasteiger partial charge in [-0.25, -0.2) is 4.98 Å². The van der Waals surface area contributed by atoms with Gasteiger partial charge in [0.05, 0.1) is 11.6 Å². The van der Waals surface area contributed by atoms with E-state index in [0.717, 1.165) is 11.3 Å². The number of benzene rings is 1. The highest BCUT2D eigenvalue weighted by molar-refractivity contribution is 5.93. The molecule has 1 aliphatic rings. The Morgan fingerprint density at radius 2 is 1.92 bits per heavy atom. The fourth-order valence-electron chi connectivity index (χ4n) is 3.06. The number of nitrogens with zero attached hydrogens (tertiary/aromatic N) is 1. The Labute approximate surface area is 139 Å². The first-order chi connectivity index (χ1) is 11.5. The lowest BCUT2D eigenvalue weighted by molar-refractivity contribution is -0.143. The van der Waals surface area contributed by atoms with E-state index in [0.29, 0.717) is 37.3 Å². The molecule has 126 valence electrons. The topological polar surface area (TPSA) is 92.4 Å². The number of aliphatic carboxylic acids is 1. The van der Waals surface area contributed by atoms with Gasteiger partial charge >= 0.3 is 5.97 Å². The van der Waals surface area contributed by atoms with Crippen LogP contribution in [0.3, 0.4) is 0 Å². The summed E-state index contributed by atoms with van der Waals surface area (Å²) in [6, 6.07) is 7.36. The number of hydrogen-bond donors (Lipinski definition) is 2. The summed E-state index contributed by atoms with van der Waals surface area (Å²) in [6.07, 6.45) is 3.93. The van der Waals surface area contributed by atoms with E-state index in [4.69, 9.17) is 9.52 Å². The van der Waals surface area contributed by atoms with Gasteiger partial charge in [-0.3, -0.25) is 9.59 Å². The Morgan fingerprint density at radius 3 is 2.54 bits per heavy atom. The smallest absolute Gasteiger partial charge is 0.306 e. The van der Waals surface area contributed by atoms with Crippen molar-refractivity contribution in [2.75, 3.05) is 5.32 Å². The highest BCUT2D eigenvalue weighted by atomic mass is 16.4. The molecule has 24 heavy (non-hydrogen) atoms. The summed E-state index contributed by atoms with van der Waals surface area (Å²) in [5.41, 5.74) is 2.29. The van der Waals surface area contributed by atoms with Crippen LogP contribution in [-0.2, 0) is 9.59 Å². The quantitative estimate of drug-likeness (QED) is 0.896. The van der Waals surface area contributed by atoms with Crippen LogP contribution >= 0.6 is 0 Å². The van der Waals surface area contributed by atoms with Crippen LogP contribution in [0.25, 0.3) is 11.5 Å². The van der Waals surface area contributed by atoms with Crippen molar-refractivity contribution in [2.24, 2.45) is 11.8 Å². The fourth-order valence-corrected chi connectivity index (χ4v) is 3.06. The Hall–Kier alpha value is -2.63. The second kappa shape index (κ2) is 6.86. The number of carboxylic acid groups (broad SMARTS) is 1. The van der Waals surface area contributed by atoms with Crippen molar-refractivity contribution >= 4 is 17.6 Å². The summed E-state index contributed by atoms with van der Waals surface area (Å²) < 4.78 is 5.38. The minimum absolute atomic E-state index is 0.0560. The summed E-state index contributed by atoms with van der Waals surface area (Å²) in [7, 11) is 0. The molecule has 0 atom stereocenters. The van der Waals surface area contributed by atoms with E-state index in [-0.39, 0.29) is 17.7 Å². The number of amides is 1. The van der Waals surface area contributed by atoms with Crippen LogP contribution in [0, 0.1) is 18.8 Å². The third kappa shape index (κ3) is 3.64. The fraction of sp³-hybridized carbons (Fsp3) is 0.389. The number of carboxylic acids is 1. The van der Waals surface area contributed by atoms with Crippen LogP contribution in [0.1, 0.15) is 31.4 Å². The number of carbonyl (C=O) groups excluding carboxylic acids is 1. The Kier molecular flexibility index (Phi) is 4.64. The van der Waals surface area contributed by atoms with Crippen LogP contribution in [0.4, 0.5) is 5.69 Å². The molecular weight excluding hydrogens is 308 g/mol. The number of oxazole rings is 1. The number of aryl methyl sites for hydroxylation is 1. The average molecular weight is 328 g/mol. The van der Waals surface area contributed by atoms with E-state index in [1.807, 2.05) is 31.2 Å².